The van der Waals surface area contributed by atoms with Crippen molar-refractivity contribution in [3.8, 4) is 0 Å². The first kappa shape index (κ1) is 13.6. The fraction of sp³-hybridized carbons (Fsp3) is 0.400. The van der Waals surface area contributed by atoms with Gasteiger partial charge < -0.3 is 10.1 Å². The molecule has 110 valence electrons. The van der Waals surface area contributed by atoms with E-state index in [4.69, 9.17) is 5.11 Å². The molecule has 1 amide bonds. The lowest BCUT2D eigenvalue weighted by molar-refractivity contribution is -0.143. The average molecular weight is 287 g/mol. The van der Waals surface area contributed by atoms with Crippen LogP contribution in [0.3, 0.4) is 0 Å². The van der Waals surface area contributed by atoms with E-state index in [1.165, 1.54) is 0 Å². The van der Waals surface area contributed by atoms with Gasteiger partial charge >= 0.3 is 5.97 Å². The Kier molecular flexibility index (Phi) is 3.60. The summed E-state index contributed by atoms with van der Waals surface area (Å²) in [6, 6.07) is 7.53. The van der Waals surface area contributed by atoms with E-state index in [1.807, 2.05) is 24.3 Å². The number of carbonyl (C=O) groups excluding carboxylic acids is 1. The number of hydrogen-bond acceptors (Lipinski definition) is 3. The molecule has 0 saturated heterocycles. The first-order chi connectivity index (χ1) is 10.1. The van der Waals surface area contributed by atoms with Gasteiger partial charge in [0.25, 0.3) is 0 Å². The summed E-state index contributed by atoms with van der Waals surface area (Å²) >= 11 is 0. The van der Waals surface area contributed by atoms with Gasteiger partial charge in [0.2, 0.25) is 11.9 Å². The summed E-state index contributed by atoms with van der Waals surface area (Å²) < 4.78 is 0. The second kappa shape index (κ2) is 5.55. The summed E-state index contributed by atoms with van der Waals surface area (Å²) in [4.78, 5) is 30.6. The minimum absolute atomic E-state index is 0.153. The molecule has 1 aliphatic carbocycles. The number of para-hydroxylation sites is 2. The second-order valence-corrected chi connectivity index (χ2v) is 5.49. The van der Waals surface area contributed by atoms with E-state index in [2.05, 4.69) is 15.3 Å². The van der Waals surface area contributed by atoms with Crippen molar-refractivity contribution >= 4 is 28.9 Å². The highest BCUT2D eigenvalue weighted by molar-refractivity contribution is 5.93. The third-order valence-corrected chi connectivity index (χ3v) is 4.03. The first-order valence-corrected chi connectivity index (χ1v) is 7.12. The summed E-state index contributed by atoms with van der Waals surface area (Å²) in [7, 11) is 0. The molecule has 1 heterocycles. The molecule has 0 bridgehead atoms. The van der Waals surface area contributed by atoms with Crippen molar-refractivity contribution in [3.05, 3.63) is 24.3 Å². The van der Waals surface area contributed by atoms with Crippen molar-refractivity contribution in [1.82, 2.24) is 9.97 Å². The Morgan fingerprint density at radius 2 is 2.00 bits per heavy atom. The normalized spacial score (nSPS) is 22.1. The highest BCUT2D eigenvalue weighted by Crippen LogP contribution is 2.30. The van der Waals surface area contributed by atoms with E-state index in [1.54, 1.807) is 0 Å². The third-order valence-electron chi connectivity index (χ3n) is 4.03. The maximum atomic E-state index is 12.2. The summed E-state index contributed by atoms with van der Waals surface area (Å²) in [5.74, 6) is -1.21. The molecule has 2 unspecified atom stereocenters. The number of carbonyl (C=O) groups is 2. The van der Waals surface area contributed by atoms with Gasteiger partial charge in [0.15, 0.2) is 0 Å². The number of carboxylic acids is 1. The number of imidazole rings is 1. The van der Waals surface area contributed by atoms with Crippen LogP contribution in [0.5, 0.6) is 0 Å². The molecule has 0 radical (unpaired) electrons. The molecule has 1 aromatic carbocycles. The lowest BCUT2D eigenvalue weighted by Crippen LogP contribution is -2.31. The van der Waals surface area contributed by atoms with Gasteiger partial charge in [-0.15, -0.1) is 0 Å². The number of amides is 1. The van der Waals surface area contributed by atoms with Crippen LogP contribution >= 0.6 is 0 Å². The number of aromatic amines is 1. The van der Waals surface area contributed by atoms with Crippen molar-refractivity contribution < 1.29 is 14.7 Å². The van der Waals surface area contributed by atoms with Crippen LogP contribution in [0.15, 0.2) is 24.3 Å². The molecule has 21 heavy (non-hydrogen) atoms. The zero-order chi connectivity index (χ0) is 14.8. The van der Waals surface area contributed by atoms with Gasteiger partial charge in [-0.2, -0.15) is 0 Å². The van der Waals surface area contributed by atoms with Crippen molar-refractivity contribution in [3.63, 3.8) is 0 Å². The monoisotopic (exact) mass is 287 g/mol. The number of carboxylic acid groups (broad SMARTS) is 1. The first-order valence-electron chi connectivity index (χ1n) is 7.12. The Morgan fingerprint density at radius 3 is 2.76 bits per heavy atom. The minimum Gasteiger partial charge on any atom is -0.481 e. The smallest absolute Gasteiger partial charge is 0.306 e. The molecule has 0 spiro atoms. The van der Waals surface area contributed by atoms with Crippen molar-refractivity contribution in [2.45, 2.75) is 25.7 Å². The fourth-order valence-corrected chi connectivity index (χ4v) is 2.88. The van der Waals surface area contributed by atoms with Gasteiger partial charge in [-0.05, 0) is 31.4 Å². The molecule has 0 aliphatic heterocycles. The van der Waals surface area contributed by atoms with Crippen LogP contribution < -0.4 is 5.32 Å². The van der Waals surface area contributed by atoms with Crippen molar-refractivity contribution in [1.29, 1.82) is 0 Å². The van der Waals surface area contributed by atoms with E-state index >= 15 is 0 Å². The zero-order valence-corrected chi connectivity index (χ0v) is 11.5. The summed E-state index contributed by atoms with van der Waals surface area (Å²) in [6.07, 6.45) is 2.57. The number of aliphatic carboxylic acids is 1. The lowest BCUT2D eigenvalue weighted by Gasteiger charge is -2.25. The van der Waals surface area contributed by atoms with E-state index < -0.39 is 11.9 Å². The Bertz CT molecular complexity index is 647. The summed E-state index contributed by atoms with van der Waals surface area (Å²) in [5, 5.41) is 11.8. The van der Waals surface area contributed by atoms with Crippen LogP contribution in [0.2, 0.25) is 0 Å². The summed E-state index contributed by atoms with van der Waals surface area (Å²) in [5.41, 5.74) is 1.65. The van der Waals surface area contributed by atoms with Crippen LogP contribution in [0.25, 0.3) is 11.0 Å². The van der Waals surface area contributed by atoms with E-state index in [9.17, 15) is 9.59 Å². The molecule has 1 aromatic heterocycles. The van der Waals surface area contributed by atoms with E-state index in [0.29, 0.717) is 18.8 Å². The van der Waals surface area contributed by atoms with Crippen LogP contribution in [0.4, 0.5) is 5.95 Å². The van der Waals surface area contributed by atoms with Gasteiger partial charge in [0.05, 0.1) is 17.0 Å². The number of fused-ring (bicyclic) bond motifs is 1. The minimum atomic E-state index is -0.809. The number of benzene rings is 1. The van der Waals surface area contributed by atoms with Gasteiger partial charge in [0.1, 0.15) is 0 Å². The summed E-state index contributed by atoms with van der Waals surface area (Å²) in [6.45, 7) is 0. The molecule has 3 N–H and O–H groups in total. The molecule has 2 atom stereocenters. The number of hydrogen-bond donors (Lipinski definition) is 3. The Morgan fingerprint density at radius 1 is 1.24 bits per heavy atom. The predicted octanol–water partition coefficient (Wildman–Crippen LogP) is 2.39. The standard InChI is InChI=1S/C15H17N3O3/c19-13(9-4-3-5-10(8-9)14(20)21)18-15-16-11-6-1-2-7-12(11)17-15/h1-2,6-7,9-10H,3-5,8H2,(H,20,21)(H2,16,17,18,19). The average Bonchev–Trinajstić information content (AvgIpc) is 2.89. The molecule has 6 nitrogen and oxygen atoms in total. The SMILES string of the molecule is O=C(O)C1CCCC(C(=O)Nc2nc3ccccc3[nH]2)C1. The molecular formula is C15H17N3O3. The Labute approximate surface area is 121 Å². The van der Waals surface area contributed by atoms with Crippen LogP contribution in [-0.4, -0.2) is 27.0 Å². The molecule has 3 rings (SSSR count). The predicted molar refractivity (Wildman–Crippen MR) is 77.8 cm³/mol. The lowest BCUT2D eigenvalue weighted by atomic mass is 9.81. The van der Waals surface area contributed by atoms with E-state index in [0.717, 1.165) is 23.9 Å². The van der Waals surface area contributed by atoms with Gasteiger partial charge in [-0.3, -0.25) is 14.9 Å². The van der Waals surface area contributed by atoms with Crippen molar-refractivity contribution in [2.24, 2.45) is 11.8 Å². The zero-order valence-electron chi connectivity index (χ0n) is 11.5. The molecule has 1 saturated carbocycles. The highest BCUT2D eigenvalue weighted by atomic mass is 16.4. The van der Waals surface area contributed by atoms with Gasteiger partial charge in [-0.1, -0.05) is 18.6 Å². The topological polar surface area (TPSA) is 95.1 Å². The highest BCUT2D eigenvalue weighted by Gasteiger charge is 2.31. The Balaban J connectivity index is 1.69. The maximum absolute atomic E-state index is 12.2. The molecule has 1 fully saturated rings. The van der Waals surface area contributed by atoms with Crippen molar-refractivity contribution in [2.75, 3.05) is 5.32 Å². The quantitative estimate of drug-likeness (QED) is 0.807. The van der Waals surface area contributed by atoms with Gasteiger partial charge in [-0.25, -0.2) is 4.98 Å². The van der Waals surface area contributed by atoms with E-state index in [-0.39, 0.29) is 11.8 Å². The van der Waals surface area contributed by atoms with Gasteiger partial charge in [0, 0.05) is 5.92 Å². The number of anilines is 1. The fourth-order valence-electron chi connectivity index (χ4n) is 2.88. The molecule has 2 aromatic rings. The number of H-pyrrole nitrogens is 1. The number of nitrogens with zero attached hydrogens (tertiary/aromatic N) is 1. The molecular weight excluding hydrogens is 270 g/mol. The largest absolute Gasteiger partial charge is 0.481 e. The van der Waals surface area contributed by atoms with Crippen LogP contribution in [0, 0.1) is 11.8 Å². The third kappa shape index (κ3) is 2.89. The second-order valence-electron chi connectivity index (χ2n) is 5.49. The number of nitrogens with one attached hydrogen (secondary N) is 2. The number of rotatable bonds is 3. The molecule has 6 heteroatoms. The van der Waals surface area contributed by atoms with Crippen LogP contribution in [-0.2, 0) is 9.59 Å². The maximum Gasteiger partial charge on any atom is 0.306 e. The van der Waals surface area contributed by atoms with Crippen LogP contribution in [0.1, 0.15) is 25.7 Å². The molecule has 1 aliphatic rings. The Hall–Kier alpha value is -2.37. The number of aromatic nitrogens is 2.